The average Bonchev–Trinajstić information content (AvgIpc) is 2.70. The largest absolute Gasteiger partial charge is 0.508 e. The lowest BCUT2D eigenvalue weighted by Gasteiger charge is -2.20. The molecule has 3 rings (SSSR count). The number of aromatic nitrogens is 1. The molecule has 0 bridgehead atoms. The van der Waals surface area contributed by atoms with E-state index in [2.05, 4.69) is 15.6 Å². The van der Waals surface area contributed by atoms with E-state index < -0.39 is 11.9 Å². The van der Waals surface area contributed by atoms with Gasteiger partial charge in [0.25, 0.3) is 11.8 Å². The van der Waals surface area contributed by atoms with Crippen LogP contribution in [0, 0.1) is 13.8 Å². The van der Waals surface area contributed by atoms with Crippen LogP contribution in [0.15, 0.2) is 66.9 Å². The molecule has 28 heavy (non-hydrogen) atoms. The minimum atomic E-state index is -0.950. The molecule has 1 aromatic heterocycles. The Kier molecular flexibility index (Phi) is 5.69. The average molecular weight is 375 g/mol. The Labute approximate surface area is 163 Å². The predicted molar refractivity (Wildman–Crippen MR) is 107 cm³/mol. The van der Waals surface area contributed by atoms with Gasteiger partial charge in [-0.3, -0.25) is 14.6 Å². The molecule has 2 aromatic carbocycles. The summed E-state index contributed by atoms with van der Waals surface area (Å²) in [5.41, 5.74) is 3.32. The predicted octanol–water partition coefficient (Wildman–Crippen LogP) is 3.51. The van der Waals surface area contributed by atoms with Gasteiger partial charge >= 0.3 is 0 Å². The fourth-order valence-corrected chi connectivity index (χ4v) is 2.88. The monoisotopic (exact) mass is 375 g/mol. The van der Waals surface area contributed by atoms with Crippen LogP contribution in [0.4, 0.5) is 5.69 Å². The van der Waals surface area contributed by atoms with E-state index in [0.717, 1.165) is 11.1 Å². The van der Waals surface area contributed by atoms with Gasteiger partial charge in [-0.15, -0.1) is 0 Å². The number of para-hydroxylation sites is 1. The molecule has 6 nitrogen and oxygen atoms in total. The molecule has 0 aliphatic carbocycles. The first-order chi connectivity index (χ1) is 13.5. The van der Waals surface area contributed by atoms with Crippen molar-refractivity contribution < 1.29 is 14.7 Å². The summed E-state index contributed by atoms with van der Waals surface area (Å²) in [4.78, 5) is 29.7. The molecule has 6 heteroatoms. The Morgan fingerprint density at radius 2 is 1.61 bits per heavy atom. The number of carbonyl (C=O) groups excluding carboxylic acids is 2. The summed E-state index contributed by atoms with van der Waals surface area (Å²) in [7, 11) is 0. The van der Waals surface area contributed by atoms with E-state index in [0.29, 0.717) is 11.3 Å². The summed E-state index contributed by atoms with van der Waals surface area (Å²) in [6.07, 6.45) is 1.52. The van der Waals surface area contributed by atoms with Crippen molar-refractivity contribution in [2.45, 2.75) is 19.9 Å². The van der Waals surface area contributed by atoms with Crippen LogP contribution in [0.25, 0.3) is 0 Å². The van der Waals surface area contributed by atoms with Crippen LogP contribution in [0.5, 0.6) is 5.75 Å². The van der Waals surface area contributed by atoms with Crippen molar-refractivity contribution >= 4 is 17.5 Å². The molecule has 1 unspecified atom stereocenters. The van der Waals surface area contributed by atoms with Gasteiger partial charge < -0.3 is 15.7 Å². The van der Waals surface area contributed by atoms with Gasteiger partial charge in [0.2, 0.25) is 0 Å². The molecule has 0 spiro atoms. The van der Waals surface area contributed by atoms with Gasteiger partial charge in [0, 0.05) is 11.9 Å². The van der Waals surface area contributed by atoms with Gasteiger partial charge in [-0.05, 0) is 54.8 Å². The number of pyridine rings is 1. The Balaban J connectivity index is 1.90. The molecule has 0 fully saturated rings. The maximum Gasteiger partial charge on any atom is 0.270 e. The van der Waals surface area contributed by atoms with Crippen LogP contribution in [-0.4, -0.2) is 21.9 Å². The van der Waals surface area contributed by atoms with Crippen molar-refractivity contribution in [2.75, 3.05) is 5.32 Å². The minimum Gasteiger partial charge on any atom is -0.508 e. The molecule has 0 aliphatic rings. The number of phenols is 1. The maximum absolute atomic E-state index is 13.1. The summed E-state index contributed by atoms with van der Waals surface area (Å²) < 4.78 is 0. The lowest BCUT2D eigenvalue weighted by Crippen LogP contribution is -2.37. The van der Waals surface area contributed by atoms with Crippen molar-refractivity contribution in [3.05, 3.63) is 89.2 Å². The number of aromatic hydroxyl groups is 1. The number of nitrogens with one attached hydrogen (secondary N) is 2. The number of anilines is 1. The summed E-state index contributed by atoms with van der Waals surface area (Å²) in [5, 5.41) is 15.2. The topological polar surface area (TPSA) is 91.3 Å². The third-order valence-corrected chi connectivity index (χ3v) is 4.39. The molecule has 1 atom stereocenters. The Morgan fingerprint density at radius 3 is 2.21 bits per heavy atom. The van der Waals surface area contributed by atoms with Gasteiger partial charge in [0.15, 0.2) is 0 Å². The molecule has 3 N–H and O–H groups in total. The normalized spacial score (nSPS) is 11.5. The molecule has 3 aromatic rings. The van der Waals surface area contributed by atoms with Crippen molar-refractivity contribution in [2.24, 2.45) is 0 Å². The number of rotatable bonds is 5. The SMILES string of the molecule is Cc1cccc(C)c1NC(=O)C(NC(=O)c1ccccn1)c1ccc(O)cc1. The second-order valence-electron chi connectivity index (χ2n) is 6.47. The van der Waals surface area contributed by atoms with Crippen LogP contribution in [0.3, 0.4) is 0 Å². The smallest absolute Gasteiger partial charge is 0.270 e. The van der Waals surface area contributed by atoms with Gasteiger partial charge in [-0.1, -0.05) is 36.4 Å². The lowest BCUT2D eigenvalue weighted by molar-refractivity contribution is -0.118. The standard InChI is InChI=1S/C22H21N3O3/c1-14-6-5-7-15(2)19(14)24-22(28)20(16-9-11-17(26)12-10-16)25-21(27)18-8-3-4-13-23-18/h3-13,20,26H,1-2H3,(H,24,28)(H,25,27). The summed E-state index contributed by atoms with van der Waals surface area (Å²) in [5.74, 6) is -0.767. The van der Waals surface area contributed by atoms with E-state index in [9.17, 15) is 14.7 Å². The highest BCUT2D eigenvalue weighted by Crippen LogP contribution is 2.23. The lowest BCUT2D eigenvalue weighted by atomic mass is 10.0. The highest BCUT2D eigenvalue weighted by molar-refractivity contribution is 6.01. The van der Waals surface area contributed by atoms with E-state index in [4.69, 9.17) is 0 Å². The molecule has 1 heterocycles. The second-order valence-corrected chi connectivity index (χ2v) is 6.47. The van der Waals surface area contributed by atoms with E-state index in [1.165, 1.54) is 18.3 Å². The molecule has 0 saturated carbocycles. The quantitative estimate of drug-likeness (QED) is 0.636. The van der Waals surface area contributed by atoms with E-state index in [-0.39, 0.29) is 17.4 Å². The number of carbonyl (C=O) groups is 2. The fourth-order valence-electron chi connectivity index (χ4n) is 2.88. The fraction of sp³-hybridized carbons (Fsp3) is 0.136. The number of benzene rings is 2. The zero-order valence-electron chi connectivity index (χ0n) is 15.6. The minimum absolute atomic E-state index is 0.0775. The zero-order chi connectivity index (χ0) is 20.1. The van der Waals surface area contributed by atoms with Gasteiger partial charge in [0.1, 0.15) is 17.5 Å². The van der Waals surface area contributed by atoms with Crippen molar-refractivity contribution in [1.82, 2.24) is 10.3 Å². The zero-order valence-corrected chi connectivity index (χ0v) is 15.6. The van der Waals surface area contributed by atoms with Crippen molar-refractivity contribution in [3.63, 3.8) is 0 Å². The number of nitrogens with zero attached hydrogens (tertiary/aromatic N) is 1. The highest BCUT2D eigenvalue weighted by atomic mass is 16.3. The van der Waals surface area contributed by atoms with E-state index in [1.54, 1.807) is 30.3 Å². The van der Waals surface area contributed by atoms with Crippen LogP contribution >= 0.6 is 0 Å². The third-order valence-electron chi connectivity index (χ3n) is 4.39. The molecule has 142 valence electrons. The molecule has 0 aliphatic heterocycles. The first kappa shape index (κ1) is 19.1. The summed E-state index contributed by atoms with van der Waals surface area (Å²) in [6.45, 7) is 3.81. The van der Waals surface area contributed by atoms with Gasteiger partial charge in [0.05, 0.1) is 0 Å². The first-order valence-corrected chi connectivity index (χ1v) is 8.83. The number of phenolic OH excluding ortho intramolecular Hbond substituents is 1. The molecule has 2 amide bonds. The number of amides is 2. The van der Waals surface area contributed by atoms with Crippen LogP contribution in [-0.2, 0) is 4.79 Å². The van der Waals surface area contributed by atoms with Crippen molar-refractivity contribution in [3.8, 4) is 5.75 Å². The van der Waals surface area contributed by atoms with Gasteiger partial charge in [-0.2, -0.15) is 0 Å². The highest BCUT2D eigenvalue weighted by Gasteiger charge is 2.24. The molecule has 0 radical (unpaired) electrons. The number of hydrogen-bond acceptors (Lipinski definition) is 4. The van der Waals surface area contributed by atoms with Crippen LogP contribution in [0.2, 0.25) is 0 Å². The Morgan fingerprint density at radius 1 is 0.929 bits per heavy atom. The molecule has 0 saturated heterocycles. The Bertz CT molecular complexity index is 965. The summed E-state index contributed by atoms with van der Waals surface area (Å²) in [6, 6.07) is 15.9. The molecular weight excluding hydrogens is 354 g/mol. The third kappa shape index (κ3) is 4.35. The summed E-state index contributed by atoms with van der Waals surface area (Å²) >= 11 is 0. The maximum atomic E-state index is 13.1. The van der Waals surface area contributed by atoms with Gasteiger partial charge in [-0.25, -0.2) is 0 Å². The second kappa shape index (κ2) is 8.35. The van der Waals surface area contributed by atoms with Crippen LogP contribution < -0.4 is 10.6 Å². The van der Waals surface area contributed by atoms with Crippen LogP contribution in [0.1, 0.15) is 33.2 Å². The van der Waals surface area contributed by atoms with E-state index >= 15 is 0 Å². The number of aryl methyl sites for hydroxylation is 2. The first-order valence-electron chi connectivity index (χ1n) is 8.83. The molecular formula is C22H21N3O3. The van der Waals surface area contributed by atoms with E-state index in [1.807, 2.05) is 32.0 Å². The number of hydrogen-bond donors (Lipinski definition) is 3. The Hall–Kier alpha value is -3.67. The van der Waals surface area contributed by atoms with Crippen molar-refractivity contribution in [1.29, 1.82) is 0 Å².